The van der Waals surface area contributed by atoms with Crippen LogP contribution in [-0.2, 0) is 14.4 Å². The largest absolute Gasteiger partial charge is 0.478 e. The van der Waals surface area contributed by atoms with Gasteiger partial charge in [-0.15, -0.1) is 0 Å². The number of rotatable bonds is 4. The SMILES string of the molecule is CC(C(=O)O)=C(C)C(=O)NC1CCN(C(=O)C(C)C)CC1. The Hall–Kier alpha value is -1.85. The number of carboxylic acids is 1. The number of carbonyl (C=O) groups is 3. The van der Waals surface area contributed by atoms with Crippen LogP contribution in [0, 0.1) is 5.92 Å². The molecule has 1 saturated heterocycles. The second kappa shape index (κ2) is 7.24. The van der Waals surface area contributed by atoms with Crippen LogP contribution in [-0.4, -0.2) is 46.9 Å². The van der Waals surface area contributed by atoms with E-state index in [-0.39, 0.29) is 34.9 Å². The standard InChI is InChI=1S/C15H24N2O4/c1-9(2)14(19)17-7-5-12(6-8-17)16-13(18)10(3)11(4)15(20)21/h9,12H,5-8H2,1-4H3,(H,16,18)(H,20,21). The molecule has 0 atom stereocenters. The van der Waals surface area contributed by atoms with E-state index in [0.717, 1.165) is 0 Å². The van der Waals surface area contributed by atoms with Gasteiger partial charge in [0.2, 0.25) is 11.8 Å². The van der Waals surface area contributed by atoms with Gasteiger partial charge in [0, 0.05) is 36.2 Å². The third-order valence-corrected chi connectivity index (χ3v) is 3.86. The molecule has 0 aromatic rings. The summed E-state index contributed by atoms with van der Waals surface area (Å²) < 4.78 is 0. The van der Waals surface area contributed by atoms with E-state index in [2.05, 4.69) is 5.32 Å². The van der Waals surface area contributed by atoms with Crippen LogP contribution in [0.5, 0.6) is 0 Å². The molecule has 21 heavy (non-hydrogen) atoms. The second-order valence-corrected chi connectivity index (χ2v) is 5.78. The van der Waals surface area contributed by atoms with Crippen molar-refractivity contribution in [2.45, 2.75) is 46.6 Å². The molecule has 0 unspecified atom stereocenters. The lowest BCUT2D eigenvalue weighted by Gasteiger charge is -2.33. The van der Waals surface area contributed by atoms with Crippen molar-refractivity contribution in [3.63, 3.8) is 0 Å². The lowest BCUT2D eigenvalue weighted by Crippen LogP contribution is -2.47. The third kappa shape index (κ3) is 4.58. The van der Waals surface area contributed by atoms with Gasteiger partial charge in [-0.25, -0.2) is 4.79 Å². The van der Waals surface area contributed by atoms with Gasteiger partial charge >= 0.3 is 5.97 Å². The first-order valence-corrected chi connectivity index (χ1v) is 7.24. The summed E-state index contributed by atoms with van der Waals surface area (Å²) in [6, 6.07) is -0.00902. The maximum absolute atomic E-state index is 12.0. The first-order valence-electron chi connectivity index (χ1n) is 7.24. The van der Waals surface area contributed by atoms with Crippen molar-refractivity contribution in [1.82, 2.24) is 10.2 Å². The Morgan fingerprint density at radius 2 is 1.62 bits per heavy atom. The fourth-order valence-electron chi connectivity index (χ4n) is 2.23. The lowest BCUT2D eigenvalue weighted by molar-refractivity contribution is -0.136. The number of carboxylic acid groups (broad SMARTS) is 1. The number of carbonyl (C=O) groups excluding carboxylic acids is 2. The molecule has 2 N–H and O–H groups in total. The average molecular weight is 296 g/mol. The zero-order valence-corrected chi connectivity index (χ0v) is 13.1. The average Bonchev–Trinajstić information content (AvgIpc) is 2.45. The molecule has 0 spiro atoms. The van der Waals surface area contributed by atoms with Crippen LogP contribution >= 0.6 is 0 Å². The first kappa shape index (κ1) is 17.2. The molecule has 0 aromatic heterocycles. The van der Waals surface area contributed by atoms with Gasteiger partial charge in [0.1, 0.15) is 0 Å². The zero-order chi connectivity index (χ0) is 16.2. The molecule has 0 aliphatic carbocycles. The number of hydrogen-bond donors (Lipinski definition) is 2. The van der Waals surface area contributed by atoms with E-state index in [0.29, 0.717) is 25.9 Å². The van der Waals surface area contributed by atoms with E-state index < -0.39 is 5.97 Å². The lowest BCUT2D eigenvalue weighted by atomic mass is 10.0. The molecular weight excluding hydrogens is 272 g/mol. The molecule has 1 heterocycles. The molecule has 118 valence electrons. The van der Waals surface area contributed by atoms with Crippen LogP contribution in [0.25, 0.3) is 0 Å². The van der Waals surface area contributed by atoms with Crippen molar-refractivity contribution < 1.29 is 19.5 Å². The molecule has 6 nitrogen and oxygen atoms in total. The Morgan fingerprint density at radius 3 is 2.05 bits per heavy atom. The Morgan fingerprint density at radius 1 is 1.10 bits per heavy atom. The molecule has 1 rings (SSSR count). The predicted molar refractivity (Wildman–Crippen MR) is 78.6 cm³/mol. The van der Waals surface area contributed by atoms with Crippen LogP contribution < -0.4 is 5.32 Å². The second-order valence-electron chi connectivity index (χ2n) is 5.78. The van der Waals surface area contributed by atoms with E-state index in [1.807, 2.05) is 18.7 Å². The van der Waals surface area contributed by atoms with Crippen LogP contribution in [0.4, 0.5) is 0 Å². The van der Waals surface area contributed by atoms with Crippen molar-refractivity contribution in [2.24, 2.45) is 5.92 Å². The summed E-state index contributed by atoms with van der Waals surface area (Å²) in [5.74, 6) is -1.30. The van der Waals surface area contributed by atoms with Gasteiger partial charge in [0.25, 0.3) is 0 Å². The normalized spacial score (nSPS) is 17.5. The van der Waals surface area contributed by atoms with Crippen LogP contribution in [0.3, 0.4) is 0 Å². The summed E-state index contributed by atoms with van der Waals surface area (Å²) in [7, 11) is 0. The summed E-state index contributed by atoms with van der Waals surface area (Å²) >= 11 is 0. The Bertz CT molecular complexity index is 460. The number of amides is 2. The molecule has 0 bridgehead atoms. The molecule has 0 aromatic carbocycles. The van der Waals surface area contributed by atoms with E-state index in [9.17, 15) is 14.4 Å². The summed E-state index contributed by atoms with van der Waals surface area (Å²) in [6.07, 6.45) is 1.40. The summed E-state index contributed by atoms with van der Waals surface area (Å²) in [4.78, 5) is 36.5. The van der Waals surface area contributed by atoms with E-state index >= 15 is 0 Å². The van der Waals surface area contributed by atoms with Crippen molar-refractivity contribution in [3.8, 4) is 0 Å². The minimum absolute atomic E-state index is 0.00902. The van der Waals surface area contributed by atoms with Crippen molar-refractivity contribution in [3.05, 3.63) is 11.1 Å². The minimum atomic E-state index is -1.08. The molecule has 1 fully saturated rings. The fraction of sp³-hybridized carbons (Fsp3) is 0.667. The first-order chi connectivity index (χ1) is 9.73. The number of likely N-dealkylation sites (tertiary alicyclic amines) is 1. The van der Waals surface area contributed by atoms with Gasteiger partial charge in [-0.3, -0.25) is 9.59 Å². The molecule has 1 aliphatic heterocycles. The van der Waals surface area contributed by atoms with Gasteiger partial charge in [0.05, 0.1) is 0 Å². The molecular formula is C15H24N2O4. The molecule has 6 heteroatoms. The Kier molecular flexibility index (Phi) is 5.93. The zero-order valence-electron chi connectivity index (χ0n) is 13.1. The van der Waals surface area contributed by atoms with Crippen LogP contribution in [0.2, 0.25) is 0 Å². The molecule has 0 radical (unpaired) electrons. The minimum Gasteiger partial charge on any atom is -0.478 e. The fourth-order valence-corrected chi connectivity index (χ4v) is 2.23. The van der Waals surface area contributed by atoms with Gasteiger partial charge in [0.15, 0.2) is 0 Å². The van der Waals surface area contributed by atoms with Gasteiger partial charge in [-0.05, 0) is 26.7 Å². The van der Waals surface area contributed by atoms with Gasteiger partial charge in [-0.2, -0.15) is 0 Å². The number of hydrogen-bond acceptors (Lipinski definition) is 3. The van der Waals surface area contributed by atoms with E-state index in [1.165, 1.54) is 13.8 Å². The number of piperidine rings is 1. The Labute approximate surface area is 125 Å². The highest BCUT2D eigenvalue weighted by Gasteiger charge is 2.25. The number of aliphatic carboxylic acids is 1. The van der Waals surface area contributed by atoms with Gasteiger partial charge < -0.3 is 15.3 Å². The highest BCUT2D eigenvalue weighted by Crippen LogP contribution is 2.14. The Balaban J connectivity index is 2.53. The predicted octanol–water partition coefficient (Wildman–Crippen LogP) is 1.17. The van der Waals surface area contributed by atoms with Crippen LogP contribution in [0.1, 0.15) is 40.5 Å². The smallest absolute Gasteiger partial charge is 0.331 e. The topological polar surface area (TPSA) is 86.7 Å². The van der Waals surface area contributed by atoms with Gasteiger partial charge in [-0.1, -0.05) is 13.8 Å². The van der Waals surface area contributed by atoms with E-state index in [1.54, 1.807) is 0 Å². The summed E-state index contributed by atoms with van der Waals surface area (Å²) in [5.41, 5.74) is 0.281. The summed E-state index contributed by atoms with van der Waals surface area (Å²) in [6.45, 7) is 7.93. The van der Waals surface area contributed by atoms with Crippen molar-refractivity contribution in [1.29, 1.82) is 0 Å². The quantitative estimate of drug-likeness (QED) is 0.762. The maximum Gasteiger partial charge on any atom is 0.331 e. The monoisotopic (exact) mass is 296 g/mol. The molecule has 2 amide bonds. The third-order valence-electron chi connectivity index (χ3n) is 3.86. The van der Waals surface area contributed by atoms with Crippen molar-refractivity contribution >= 4 is 17.8 Å². The highest BCUT2D eigenvalue weighted by atomic mass is 16.4. The van der Waals surface area contributed by atoms with Crippen LogP contribution in [0.15, 0.2) is 11.1 Å². The maximum atomic E-state index is 12.0. The van der Waals surface area contributed by atoms with Crippen molar-refractivity contribution in [2.75, 3.05) is 13.1 Å². The number of nitrogens with zero attached hydrogens (tertiary/aromatic N) is 1. The van der Waals surface area contributed by atoms with E-state index in [4.69, 9.17) is 5.11 Å². The number of nitrogens with one attached hydrogen (secondary N) is 1. The molecule has 0 saturated carbocycles. The summed E-state index contributed by atoms with van der Waals surface area (Å²) in [5, 5.41) is 11.7. The highest BCUT2D eigenvalue weighted by molar-refractivity contribution is 6.01. The molecule has 1 aliphatic rings.